The van der Waals surface area contributed by atoms with Crippen LogP contribution in [0.1, 0.15) is 43.9 Å². The summed E-state index contributed by atoms with van der Waals surface area (Å²) < 4.78 is 45.5. The average Bonchev–Trinajstić information content (AvgIpc) is 3.33. The molecule has 0 bridgehead atoms. The maximum Gasteiger partial charge on any atom is 1.00 e. The largest absolute Gasteiger partial charge is 1.00 e. The molecule has 0 radical (unpaired) electrons. The van der Waals surface area contributed by atoms with Crippen LogP contribution in [-0.4, -0.2) is 100 Å². The molecule has 0 aromatic carbocycles. The van der Waals surface area contributed by atoms with E-state index in [1.165, 1.54) is 7.11 Å². The second kappa shape index (κ2) is 69.5. The summed E-state index contributed by atoms with van der Waals surface area (Å²) in [6.45, 7) is 19.9. The number of aliphatic hydroxyl groups is 1. The molecule has 5 aromatic heterocycles. The van der Waals surface area contributed by atoms with Crippen LogP contribution >= 0.6 is 175 Å². The number of aromatic nitrogens is 5. The summed E-state index contributed by atoms with van der Waals surface area (Å²) in [6, 6.07) is 17.3. The molecule has 0 fully saturated rings. The number of methoxy groups -OCH3 is 3. The maximum atomic E-state index is 9.96. The third-order valence-electron chi connectivity index (χ3n) is 5.25. The molecule has 0 atom stereocenters. The molecule has 396 valence electrons. The number of nitrogens with zero attached hydrogens (tertiary/aromatic N) is 7. The Morgan fingerprint density at radius 3 is 1.36 bits per heavy atom. The smallest absolute Gasteiger partial charge is 0.855 e. The molecule has 0 aliphatic carbocycles. The van der Waals surface area contributed by atoms with E-state index in [-0.39, 0.29) is 86.2 Å². The predicted molar refractivity (Wildman–Crippen MR) is 331 cm³/mol. The van der Waals surface area contributed by atoms with Gasteiger partial charge in [0.15, 0.2) is 11.5 Å². The number of aliphatic hydroxyl groups excluding tert-OH is 1. The summed E-state index contributed by atoms with van der Waals surface area (Å²) in [5.41, 5.74) is 0. The van der Waals surface area contributed by atoms with Crippen molar-refractivity contribution in [2.45, 2.75) is 42.5 Å². The van der Waals surface area contributed by atoms with E-state index in [1.54, 1.807) is 70.7 Å². The first-order valence-corrected chi connectivity index (χ1v) is 31.5. The fourth-order valence-electron chi connectivity index (χ4n) is 3.01. The topological polar surface area (TPSA) is 222 Å². The van der Waals surface area contributed by atoms with E-state index in [0.717, 1.165) is 21.5 Å². The first-order valence-electron chi connectivity index (χ1n) is 18.1. The van der Waals surface area contributed by atoms with Crippen LogP contribution in [0.15, 0.2) is 80.7 Å². The monoisotopic (exact) mass is 1910 g/mol. The van der Waals surface area contributed by atoms with Crippen molar-refractivity contribution in [3.63, 3.8) is 0 Å². The van der Waals surface area contributed by atoms with Gasteiger partial charge in [-0.15, -0.1) is 6.61 Å². The van der Waals surface area contributed by atoms with Gasteiger partial charge in [0.2, 0.25) is 5.75 Å². The van der Waals surface area contributed by atoms with Gasteiger partial charge in [0.1, 0.15) is 36.4 Å². The molecule has 0 saturated carbocycles. The Balaban J connectivity index is -0.0000000759. The number of pyridine rings is 5. The van der Waals surface area contributed by atoms with Crippen LogP contribution < -0.4 is 58.3 Å². The first kappa shape index (κ1) is 90.1. The normalized spacial score (nSPS) is 7.93. The summed E-state index contributed by atoms with van der Waals surface area (Å²) in [6.07, 6.45) is 1.60. The molecular formula is C42H57Br3CuFI6N7NaO9. The zero-order valence-corrected chi connectivity index (χ0v) is 58.5. The molecule has 0 aliphatic heterocycles. The predicted octanol–water partition coefficient (Wildman–Crippen LogP) is 11.4. The van der Waals surface area contributed by atoms with Gasteiger partial charge in [-0.25, -0.2) is 19.9 Å². The van der Waals surface area contributed by atoms with Crippen LogP contribution in [0.25, 0.3) is 4.85 Å². The van der Waals surface area contributed by atoms with Crippen LogP contribution in [0, 0.1) is 29.5 Å². The van der Waals surface area contributed by atoms with E-state index in [9.17, 15) is 4.39 Å². The van der Waals surface area contributed by atoms with E-state index in [0.29, 0.717) is 51.5 Å². The molecule has 0 unspecified atom stereocenters. The number of hydrogen-bond acceptors (Lipinski definition) is 15. The quantitative estimate of drug-likeness (QED) is 0.0453. The van der Waals surface area contributed by atoms with E-state index in [4.69, 9.17) is 63.9 Å². The van der Waals surface area contributed by atoms with E-state index in [2.05, 4.69) is 205 Å². The van der Waals surface area contributed by atoms with Crippen molar-refractivity contribution >= 4 is 181 Å². The molecule has 0 amide bonds. The number of alkyl halides is 2. The van der Waals surface area contributed by atoms with Crippen molar-refractivity contribution in [2.75, 3.05) is 59.8 Å². The Kier molecular flexibility index (Phi) is 89.4. The first-order chi connectivity index (χ1) is 32.1. The molecular weight excluding hydrogens is 1850 g/mol. The van der Waals surface area contributed by atoms with Crippen molar-refractivity contribution in [1.82, 2.24) is 24.9 Å². The van der Waals surface area contributed by atoms with Crippen LogP contribution in [0.2, 0.25) is 0 Å². The van der Waals surface area contributed by atoms with Gasteiger partial charge in [-0.1, -0.05) is 55.9 Å². The zero-order valence-electron chi connectivity index (χ0n) is 38.9. The molecule has 16 nitrogen and oxygen atoms in total. The Morgan fingerprint density at radius 2 is 1.04 bits per heavy atom. The second-order valence-corrected chi connectivity index (χ2v) is 14.9. The molecule has 0 saturated heterocycles. The summed E-state index contributed by atoms with van der Waals surface area (Å²) in [7, 11) is 3.76. The van der Waals surface area contributed by atoms with Crippen LogP contribution in [0.5, 0.6) is 40.5 Å². The average molecular weight is 1910 g/mol. The third-order valence-corrected chi connectivity index (χ3v) is 8.82. The van der Waals surface area contributed by atoms with Crippen molar-refractivity contribution in [2.24, 2.45) is 0 Å². The van der Waals surface area contributed by atoms with Gasteiger partial charge in [-0.05, 0) is 202 Å². The molecule has 5 aromatic rings. The van der Waals surface area contributed by atoms with Crippen LogP contribution in [0.3, 0.4) is 0 Å². The maximum absolute atomic E-state index is 9.96. The SMILES string of the molecule is C.C.CCO.CCOc1nc(I)ccc1OC.CC[O-].CI.COc1ccc(I)nc1Br.II.Oc1ccc(I)nc1Br.Oc1cccnc1Br.[2H]CF.[C-]#N.[C-]#[N+]c1ccc(OC)c(OCC)n1.[Cu+].[Na+]. The molecule has 70 heavy (non-hydrogen) atoms. The van der Waals surface area contributed by atoms with Crippen molar-refractivity contribution < 1.29 is 96.5 Å². The summed E-state index contributed by atoms with van der Waals surface area (Å²) in [5.74, 6) is 3.59. The number of rotatable bonds is 7. The Labute approximate surface area is 552 Å². The van der Waals surface area contributed by atoms with Crippen LogP contribution in [0.4, 0.5) is 10.2 Å². The summed E-state index contributed by atoms with van der Waals surface area (Å²) in [5, 5.41) is 40.5. The van der Waals surface area contributed by atoms with Gasteiger partial charge in [-0.3, -0.25) is 4.39 Å². The minimum Gasteiger partial charge on any atom is -0.855 e. The molecule has 3 N–H and O–H groups in total. The number of aromatic hydroxyl groups is 2. The fourth-order valence-corrected chi connectivity index (χ4v) is 5.97. The molecule has 5 heterocycles. The van der Waals surface area contributed by atoms with Crippen molar-refractivity contribution in [3.05, 3.63) is 110 Å². The molecule has 0 spiro atoms. The number of hydrogen-bond donors (Lipinski definition) is 3. The Morgan fingerprint density at radius 1 is 0.700 bits per heavy atom. The standard InChI is InChI=1S/C9H10N2O2.C8H10INO2.C6H5BrINO.C5H3BrINO.C5H4BrNO.C2H6O.C2H5O.CH3F.CH3I.CN.2CH4.Cu.I2.Na/c1-4-13-9-7(12-3)5-6-8(10-2)11-9;1-3-12-8-6(11-2)4-5-7(9)10-8;1-10-4-2-3-5(8)9-6(4)7;6-5-3(9)1-2-4(7)8-5;6-5-4(8)2-1-3-7-5;2*1-2-3;3*1-2;;;;1-2;/h5-6H,4H2,1,3H3;4-5H,3H2,1-2H3;2-3H,1H3;1-2,9H;1-3,8H;3H,2H2,1H3;2H2,1H3;2*1H3;;2*1H4;;;/q;;;;;;-1;;;-1;;;+1;;+1/i;;;;;;;1D;;;;;;;. The van der Waals surface area contributed by atoms with Crippen molar-refractivity contribution in [1.29, 1.82) is 5.26 Å². The minimum atomic E-state index is -1.00. The summed E-state index contributed by atoms with van der Waals surface area (Å²) >= 11 is 22.1. The van der Waals surface area contributed by atoms with Gasteiger partial charge in [0, 0.05) is 50.0 Å². The van der Waals surface area contributed by atoms with Gasteiger partial charge in [0.25, 0.3) is 11.7 Å². The van der Waals surface area contributed by atoms with Gasteiger partial charge in [-0.2, -0.15) is 0 Å². The second-order valence-electron chi connectivity index (χ2n) is 9.29. The Bertz CT molecular complexity index is 2010. The Hall–Kier alpha value is 0.519. The van der Waals surface area contributed by atoms with Crippen molar-refractivity contribution in [3.8, 4) is 40.5 Å². The summed E-state index contributed by atoms with van der Waals surface area (Å²) in [4.78, 5) is 25.1. The van der Waals surface area contributed by atoms with Gasteiger partial charge in [0.05, 0.1) is 43.1 Å². The van der Waals surface area contributed by atoms with Gasteiger partial charge >= 0.3 is 52.5 Å². The zero-order chi connectivity index (χ0) is 53.2. The number of ether oxygens (including phenoxy) is 5. The van der Waals surface area contributed by atoms with E-state index in [1.807, 2.05) is 43.0 Å². The third kappa shape index (κ3) is 52.0. The fraction of sp³-hybridized carbons (Fsp3) is 0.357. The van der Waals surface area contributed by atoms with E-state index < -0.39 is 7.15 Å². The number of halogens is 10. The van der Waals surface area contributed by atoms with Gasteiger partial charge < -0.3 is 60.8 Å². The molecule has 0 aliphatic rings. The molecule has 28 heteroatoms. The molecule has 5 rings (SSSR count). The minimum absolute atomic E-state index is 0. The van der Waals surface area contributed by atoms with Crippen LogP contribution in [-0.2, 0) is 17.1 Å². The van der Waals surface area contributed by atoms with E-state index >= 15 is 0 Å².